The summed E-state index contributed by atoms with van der Waals surface area (Å²) in [5.41, 5.74) is 7.22. The van der Waals surface area contributed by atoms with Gasteiger partial charge in [0.2, 0.25) is 0 Å². The number of alkyl halides is 1. The number of halogens is 2. The minimum atomic E-state index is 0.687. The van der Waals surface area contributed by atoms with Crippen LogP contribution in [0.15, 0.2) is 24.3 Å². The van der Waals surface area contributed by atoms with E-state index >= 15 is 0 Å². The van der Waals surface area contributed by atoms with Gasteiger partial charge in [-0.05, 0) is 17.7 Å². The Bertz CT molecular complexity index is 297. The number of hydrogen-bond donors (Lipinski definition) is 1. The molecular formula is C9H9BrClN. The fourth-order valence-corrected chi connectivity index (χ4v) is 1.29. The van der Waals surface area contributed by atoms with Crippen LogP contribution in [0.2, 0.25) is 5.02 Å². The van der Waals surface area contributed by atoms with Crippen LogP contribution in [0.3, 0.4) is 0 Å². The van der Waals surface area contributed by atoms with E-state index in [1.165, 1.54) is 0 Å². The molecule has 1 aromatic carbocycles. The van der Waals surface area contributed by atoms with E-state index in [9.17, 15) is 0 Å². The van der Waals surface area contributed by atoms with Gasteiger partial charge in [-0.3, -0.25) is 0 Å². The third-order valence-electron chi connectivity index (χ3n) is 1.41. The molecular weight excluding hydrogens is 237 g/mol. The number of hydrogen-bond acceptors (Lipinski definition) is 1. The molecule has 0 heterocycles. The summed E-state index contributed by atoms with van der Waals surface area (Å²) in [4.78, 5) is 0. The van der Waals surface area contributed by atoms with Crippen LogP contribution in [0.4, 0.5) is 5.69 Å². The Balaban J connectivity index is 2.94. The number of allylic oxidation sites excluding steroid dienone is 1. The number of benzene rings is 1. The van der Waals surface area contributed by atoms with Gasteiger partial charge in [0.25, 0.3) is 0 Å². The third kappa shape index (κ3) is 2.54. The average Bonchev–Trinajstić information content (AvgIpc) is 2.03. The maximum atomic E-state index is 5.92. The van der Waals surface area contributed by atoms with Crippen LogP contribution < -0.4 is 5.73 Å². The second kappa shape index (κ2) is 4.53. The maximum Gasteiger partial charge on any atom is 0.0498 e. The van der Waals surface area contributed by atoms with Crippen molar-refractivity contribution in [3.05, 3.63) is 34.9 Å². The van der Waals surface area contributed by atoms with E-state index in [-0.39, 0.29) is 0 Å². The van der Waals surface area contributed by atoms with Crippen molar-refractivity contribution in [3.8, 4) is 0 Å². The van der Waals surface area contributed by atoms with E-state index in [4.69, 9.17) is 17.3 Å². The summed E-state index contributed by atoms with van der Waals surface area (Å²) in [6, 6.07) is 5.48. The molecule has 0 aliphatic rings. The first-order valence-electron chi connectivity index (χ1n) is 3.51. The Morgan fingerprint density at radius 1 is 1.50 bits per heavy atom. The van der Waals surface area contributed by atoms with Gasteiger partial charge < -0.3 is 5.73 Å². The summed E-state index contributed by atoms with van der Waals surface area (Å²) in [5.74, 6) is 0. The van der Waals surface area contributed by atoms with Crippen molar-refractivity contribution in [1.82, 2.24) is 0 Å². The lowest BCUT2D eigenvalue weighted by Gasteiger charge is -1.98. The first-order valence-corrected chi connectivity index (χ1v) is 5.01. The zero-order valence-electron chi connectivity index (χ0n) is 6.43. The van der Waals surface area contributed by atoms with Gasteiger partial charge in [-0.25, -0.2) is 0 Å². The van der Waals surface area contributed by atoms with Gasteiger partial charge in [-0.15, -0.1) is 0 Å². The Kier molecular flexibility index (Phi) is 3.63. The first-order chi connectivity index (χ1) is 5.74. The van der Waals surface area contributed by atoms with Crippen LogP contribution in [0, 0.1) is 0 Å². The number of rotatable bonds is 2. The lowest BCUT2D eigenvalue weighted by Crippen LogP contribution is -1.84. The van der Waals surface area contributed by atoms with Crippen LogP contribution in [-0.4, -0.2) is 5.33 Å². The van der Waals surface area contributed by atoms with E-state index in [1.807, 2.05) is 24.3 Å². The van der Waals surface area contributed by atoms with Crippen molar-refractivity contribution in [1.29, 1.82) is 0 Å². The molecule has 12 heavy (non-hydrogen) atoms. The molecule has 2 N–H and O–H groups in total. The molecule has 1 rings (SSSR count). The molecule has 0 unspecified atom stereocenters. The highest BCUT2D eigenvalue weighted by atomic mass is 79.9. The second-order valence-electron chi connectivity index (χ2n) is 2.34. The molecule has 0 spiro atoms. The van der Waals surface area contributed by atoms with E-state index < -0.39 is 0 Å². The highest BCUT2D eigenvalue weighted by Crippen LogP contribution is 2.20. The molecule has 0 saturated heterocycles. The van der Waals surface area contributed by atoms with Crippen molar-refractivity contribution in [2.45, 2.75) is 0 Å². The molecule has 1 aromatic rings. The van der Waals surface area contributed by atoms with Gasteiger partial charge >= 0.3 is 0 Å². The summed E-state index contributed by atoms with van der Waals surface area (Å²) in [6.07, 6.45) is 3.94. The SMILES string of the molecule is Nc1ccc(C=CCBr)c(Cl)c1. The average molecular weight is 247 g/mol. The Morgan fingerprint density at radius 3 is 2.83 bits per heavy atom. The van der Waals surface area contributed by atoms with Crippen molar-refractivity contribution >= 4 is 39.3 Å². The van der Waals surface area contributed by atoms with Crippen molar-refractivity contribution in [3.63, 3.8) is 0 Å². The van der Waals surface area contributed by atoms with Gasteiger partial charge in [0.15, 0.2) is 0 Å². The Labute approximate surface area is 85.3 Å². The lowest BCUT2D eigenvalue weighted by molar-refractivity contribution is 1.63. The van der Waals surface area contributed by atoms with Crippen molar-refractivity contribution in [2.75, 3.05) is 11.1 Å². The van der Waals surface area contributed by atoms with Gasteiger partial charge in [-0.1, -0.05) is 45.7 Å². The predicted molar refractivity (Wildman–Crippen MR) is 58.7 cm³/mol. The van der Waals surface area contributed by atoms with Crippen LogP contribution in [0.1, 0.15) is 5.56 Å². The fourth-order valence-electron chi connectivity index (χ4n) is 0.850. The van der Waals surface area contributed by atoms with E-state index in [1.54, 1.807) is 6.07 Å². The van der Waals surface area contributed by atoms with Crippen LogP contribution in [0.5, 0.6) is 0 Å². The van der Waals surface area contributed by atoms with Crippen LogP contribution >= 0.6 is 27.5 Å². The molecule has 0 aromatic heterocycles. The van der Waals surface area contributed by atoms with Gasteiger partial charge in [-0.2, -0.15) is 0 Å². The maximum absolute atomic E-state index is 5.92. The Hall–Kier alpha value is -0.470. The molecule has 0 aliphatic carbocycles. The molecule has 64 valence electrons. The Morgan fingerprint density at radius 2 is 2.25 bits per heavy atom. The number of nitrogen functional groups attached to an aromatic ring is 1. The van der Waals surface area contributed by atoms with Crippen molar-refractivity contribution < 1.29 is 0 Å². The van der Waals surface area contributed by atoms with Gasteiger partial charge in [0.1, 0.15) is 0 Å². The topological polar surface area (TPSA) is 26.0 Å². The molecule has 0 atom stereocenters. The summed E-state index contributed by atoms with van der Waals surface area (Å²) in [5, 5.41) is 1.51. The zero-order chi connectivity index (χ0) is 8.97. The highest BCUT2D eigenvalue weighted by molar-refractivity contribution is 9.09. The van der Waals surface area contributed by atoms with E-state index in [0.717, 1.165) is 10.9 Å². The normalized spacial score (nSPS) is 10.8. The summed E-state index contributed by atoms with van der Waals surface area (Å²) < 4.78 is 0. The number of anilines is 1. The van der Waals surface area contributed by atoms with E-state index in [2.05, 4.69) is 15.9 Å². The minimum Gasteiger partial charge on any atom is -0.399 e. The van der Waals surface area contributed by atoms with Gasteiger partial charge in [0.05, 0.1) is 0 Å². The molecule has 1 nitrogen and oxygen atoms in total. The molecule has 0 radical (unpaired) electrons. The summed E-state index contributed by atoms with van der Waals surface area (Å²) in [6.45, 7) is 0. The van der Waals surface area contributed by atoms with Crippen LogP contribution in [0.25, 0.3) is 6.08 Å². The summed E-state index contributed by atoms with van der Waals surface area (Å²) >= 11 is 9.21. The molecule has 0 amide bonds. The largest absolute Gasteiger partial charge is 0.399 e. The van der Waals surface area contributed by atoms with E-state index in [0.29, 0.717) is 10.7 Å². The molecule has 0 saturated carbocycles. The highest BCUT2D eigenvalue weighted by Gasteiger charge is 1.95. The zero-order valence-corrected chi connectivity index (χ0v) is 8.77. The number of nitrogens with two attached hydrogens (primary N) is 1. The lowest BCUT2D eigenvalue weighted by atomic mass is 10.2. The molecule has 0 bridgehead atoms. The first kappa shape index (κ1) is 9.62. The van der Waals surface area contributed by atoms with Gasteiger partial charge in [0, 0.05) is 16.0 Å². The molecule has 0 aliphatic heterocycles. The summed E-state index contributed by atoms with van der Waals surface area (Å²) in [7, 11) is 0. The molecule has 0 fully saturated rings. The monoisotopic (exact) mass is 245 g/mol. The van der Waals surface area contributed by atoms with Crippen molar-refractivity contribution in [2.24, 2.45) is 0 Å². The van der Waals surface area contributed by atoms with Crippen LogP contribution in [-0.2, 0) is 0 Å². The smallest absolute Gasteiger partial charge is 0.0498 e. The third-order valence-corrected chi connectivity index (χ3v) is 2.11. The second-order valence-corrected chi connectivity index (χ2v) is 3.39. The fraction of sp³-hybridized carbons (Fsp3) is 0.111. The standard InChI is InChI=1S/C9H9BrClN/c10-5-1-2-7-3-4-8(12)6-9(7)11/h1-4,6H,5,12H2. The predicted octanol–water partition coefficient (Wildman–Crippen LogP) is 3.33. The molecule has 3 heteroatoms. The minimum absolute atomic E-state index is 0.687. The quantitative estimate of drug-likeness (QED) is 0.629.